The van der Waals surface area contributed by atoms with Gasteiger partial charge in [-0.25, -0.2) is 9.59 Å². The molecule has 8 amide bonds. The van der Waals surface area contributed by atoms with Crippen LogP contribution in [0.25, 0.3) is 11.1 Å². The van der Waals surface area contributed by atoms with Gasteiger partial charge >= 0.3 is 18.0 Å². The fraction of sp³-hybridized carbons (Fsp3) is 0.410. The standard InChI is InChI=1S/C78H89Cl2N9O28/c1-9-18-109-54(95)31-82-78(7)30-55(112-34(6)68(78)100)116-67-65(99)64(98)52(32-90)115-76(67)117-66-50-25-38-26-51(66)114-49-17-14-37(24-43(49)80)63(97)61-74(106)86-59(75(107)110-19-10-2)41-27-39(91)28-47(93)56(41)40-22-35(12-15-46(40)92)57(71(103)88-61)85-72(104)58(38)84-69(101)44(29-53(81)94)83-73(105)60(62(96)36-13-16-48(113-50)42(79)23-36)87-70(102)45(21-33(4)5)89(8)77(108)111-20-11-3/h9-17,22-28,33-34,44-45,52,55,57-65,67-68,76,82,90-93,96-100H,1-3,18-21,29-32H2,4-8H3,(H2,81,94)(H,83,105)(H,84,101)(H,85,104)(H,86,106)(H,87,102)(H,88,103)/t34?,44-,45+,52?,55?,57?,58+,59+,60+,61-,62+,63+,64?,65?,67?,68?,76?,78?/m0/s1. The zero-order chi connectivity index (χ0) is 85.3. The lowest BCUT2D eigenvalue weighted by Crippen LogP contribution is -2.66. The SMILES string of the molecule is C=CCOC(=O)CNC1(C)CC(OC2C(Oc3c4cc5cc3Oc3ccc(cc3Cl)[C@@H](O)[C@@H](NC(=O)[C@@H](CC(C)C)N(C)C(=O)OCC=C)C(=O)N[C@@H](CC(N)=O)C(=O)N[C@H]5C(=O)NC3C(=O)N[C@H](C(=O)N[C@@H](C(=O)OCC=C)c5cc(O)cc(O)c5-c5cc3ccc5O)[C@H](O)c3ccc(c(Cl)c3)O4)OC(CO)C(O)C2O)OC(C)C1O. The Kier molecular flexibility index (Phi) is 28.5. The van der Waals surface area contributed by atoms with E-state index in [0.717, 1.165) is 83.8 Å². The first-order chi connectivity index (χ1) is 55.5. The number of nitrogens with one attached hydrogen (secondary N) is 7. The molecule has 117 heavy (non-hydrogen) atoms. The van der Waals surface area contributed by atoms with E-state index in [1.54, 1.807) is 13.8 Å². The fourth-order valence-corrected chi connectivity index (χ4v) is 14.2. The average molecular weight is 1670 g/mol. The zero-order valence-corrected chi connectivity index (χ0v) is 65.0. The maximum atomic E-state index is 16.3. The van der Waals surface area contributed by atoms with Crippen LogP contribution in [0, 0.1) is 5.92 Å². The van der Waals surface area contributed by atoms with Crippen molar-refractivity contribution in [3.63, 3.8) is 0 Å². The van der Waals surface area contributed by atoms with Gasteiger partial charge in [-0.15, -0.1) is 0 Å². The summed E-state index contributed by atoms with van der Waals surface area (Å²) in [6.07, 6.45) is -17.3. The number of aromatic hydroxyl groups is 3. The van der Waals surface area contributed by atoms with Gasteiger partial charge in [0.15, 0.2) is 29.9 Å². The number of hydrogen-bond acceptors (Lipinski definition) is 29. The molecular weight excluding hydrogens is 1580 g/mol. The molecule has 5 aromatic rings. The third-order valence-corrected chi connectivity index (χ3v) is 20.4. The van der Waals surface area contributed by atoms with Gasteiger partial charge in [-0.2, -0.15) is 0 Å². The van der Waals surface area contributed by atoms with Gasteiger partial charge in [-0.05, 0) is 103 Å². The van der Waals surface area contributed by atoms with Crippen LogP contribution in [0.5, 0.6) is 46.0 Å². The molecule has 7 aliphatic heterocycles. The minimum Gasteiger partial charge on any atom is -0.508 e. The number of hydrogen-bond donors (Lipinski definition) is 17. The highest BCUT2D eigenvalue weighted by atomic mass is 35.5. The number of amides is 8. The van der Waals surface area contributed by atoms with Crippen molar-refractivity contribution in [3.05, 3.63) is 155 Å². The summed E-state index contributed by atoms with van der Waals surface area (Å²) in [4.78, 5) is 147. The molecule has 628 valence electrons. The van der Waals surface area contributed by atoms with Crippen molar-refractivity contribution in [2.75, 3.05) is 40.0 Å². The molecule has 0 radical (unpaired) electrons. The molecule has 0 saturated carbocycles. The molecule has 7 aliphatic rings. The highest BCUT2D eigenvalue weighted by molar-refractivity contribution is 6.32. The molecule has 39 heteroatoms. The van der Waals surface area contributed by atoms with E-state index in [2.05, 4.69) is 57.0 Å². The molecule has 10 unspecified atom stereocenters. The summed E-state index contributed by atoms with van der Waals surface area (Å²) in [7, 11) is 1.23. The molecule has 12 rings (SSSR count). The first-order valence-corrected chi connectivity index (χ1v) is 37.3. The predicted octanol–water partition coefficient (Wildman–Crippen LogP) is 2.15. The Balaban J connectivity index is 1.22. The Morgan fingerprint density at radius 2 is 1.29 bits per heavy atom. The quantitative estimate of drug-likeness (QED) is 0.0268. The van der Waals surface area contributed by atoms with Gasteiger partial charge in [0.25, 0.3) is 0 Å². The number of rotatable bonds is 22. The molecule has 37 nitrogen and oxygen atoms in total. The molecule has 18 N–H and O–H groups in total. The average Bonchev–Trinajstić information content (AvgIpc) is 0.767. The molecule has 11 bridgehead atoms. The second-order valence-electron chi connectivity index (χ2n) is 28.7. The van der Waals surface area contributed by atoms with Gasteiger partial charge < -0.3 is 126 Å². The number of carbonyl (C=O) groups is 10. The summed E-state index contributed by atoms with van der Waals surface area (Å²) in [6, 6.07) is -1.53. The Morgan fingerprint density at radius 3 is 1.91 bits per heavy atom. The van der Waals surface area contributed by atoms with Crippen molar-refractivity contribution < 1.29 is 137 Å². The van der Waals surface area contributed by atoms with Crippen LogP contribution < -0.4 is 57.2 Å². The number of phenols is 3. The Bertz CT molecular complexity index is 4670. The van der Waals surface area contributed by atoms with E-state index in [0.29, 0.717) is 0 Å². The minimum absolute atomic E-state index is 0.0898. The number of fused-ring (bicyclic) bond motifs is 15. The van der Waals surface area contributed by atoms with Crippen LogP contribution in [0.2, 0.25) is 10.0 Å². The van der Waals surface area contributed by atoms with Gasteiger partial charge in [-0.3, -0.25) is 48.6 Å². The summed E-state index contributed by atoms with van der Waals surface area (Å²) in [5.74, 6) is -17.2. The van der Waals surface area contributed by atoms with E-state index < -0.39 is 273 Å². The van der Waals surface area contributed by atoms with E-state index in [-0.39, 0.29) is 48.7 Å². The maximum Gasteiger partial charge on any atom is 0.410 e. The first-order valence-electron chi connectivity index (χ1n) is 36.5. The van der Waals surface area contributed by atoms with Crippen LogP contribution in [-0.2, 0) is 71.6 Å². The van der Waals surface area contributed by atoms with Crippen molar-refractivity contribution in [1.82, 2.24) is 42.1 Å². The highest BCUT2D eigenvalue weighted by Gasteiger charge is 2.53. The van der Waals surface area contributed by atoms with E-state index in [9.17, 15) is 69.9 Å². The lowest BCUT2D eigenvalue weighted by Gasteiger charge is -2.48. The summed E-state index contributed by atoms with van der Waals surface area (Å²) < 4.78 is 54.7. The van der Waals surface area contributed by atoms with E-state index >= 15 is 24.0 Å². The van der Waals surface area contributed by atoms with Crippen LogP contribution in [-0.4, -0.2) is 229 Å². The van der Waals surface area contributed by atoms with E-state index in [1.165, 1.54) is 39.1 Å². The third kappa shape index (κ3) is 20.1. The number of aliphatic hydroxyl groups excluding tert-OH is 6. The largest absolute Gasteiger partial charge is 0.508 e. The van der Waals surface area contributed by atoms with Crippen LogP contribution in [0.4, 0.5) is 4.79 Å². The van der Waals surface area contributed by atoms with Crippen molar-refractivity contribution in [1.29, 1.82) is 0 Å². The molecule has 0 aliphatic carbocycles. The van der Waals surface area contributed by atoms with Crippen molar-refractivity contribution in [2.24, 2.45) is 11.7 Å². The number of nitrogens with two attached hydrogens (primary N) is 1. The Morgan fingerprint density at radius 1 is 0.692 bits per heavy atom. The molecular formula is C78H89Cl2N9O28. The molecule has 2 fully saturated rings. The minimum atomic E-state index is -2.43. The van der Waals surface area contributed by atoms with Crippen molar-refractivity contribution in [2.45, 2.75) is 156 Å². The van der Waals surface area contributed by atoms with Crippen LogP contribution in [0.15, 0.2) is 117 Å². The van der Waals surface area contributed by atoms with Gasteiger partial charge in [-0.1, -0.05) is 93.2 Å². The van der Waals surface area contributed by atoms with E-state index in [1.807, 2.05) is 0 Å². The normalized spacial score (nSPS) is 26.7. The van der Waals surface area contributed by atoms with Crippen LogP contribution in [0.1, 0.15) is 105 Å². The number of ether oxygens (including phenoxy) is 9. The van der Waals surface area contributed by atoms with Gasteiger partial charge in [0.2, 0.25) is 53.4 Å². The Hall–Kier alpha value is -11.2. The number of esters is 2. The smallest absolute Gasteiger partial charge is 0.410 e. The monoisotopic (exact) mass is 1670 g/mol. The van der Waals surface area contributed by atoms with Crippen molar-refractivity contribution in [3.8, 4) is 57.1 Å². The number of benzene rings is 5. The number of likely N-dealkylation sites (N-methyl/N-ethyl adjacent to an activating group) is 1. The zero-order valence-electron chi connectivity index (χ0n) is 63.5. The van der Waals surface area contributed by atoms with Crippen molar-refractivity contribution >= 4 is 82.6 Å². The number of phenolic OH excluding ortho intramolecular Hbond substituents is 3. The van der Waals surface area contributed by atoms with Gasteiger partial charge in [0.05, 0.1) is 41.8 Å². The van der Waals surface area contributed by atoms with Gasteiger partial charge in [0, 0.05) is 41.8 Å². The summed E-state index contributed by atoms with van der Waals surface area (Å²) in [6.45, 7) is 14.6. The lowest BCUT2D eigenvalue weighted by atomic mass is 9.85. The number of nitrogens with zero attached hydrogens (tertiary/aromatic N) is 1. The third-order valence-electron chi connectivity index (χ3n) is 19.8. The number of halogens is 2. The molecule has 5 aromatic carbocycles. The fourth-order valence-electron chi connectivity index (χ4n) is 13.7. The molecule has 0 spiro atoms. The topological polar surface area (TPSA) is 549 Å². The molecule has 0 aromatic heterocycles. The molecule has 7 heterocycles. The maximum absolute atomic E-state index is 16.3. The number of primary amides is 1. The van der Waals surface area contributed by atoms with Crippen LogP contribution in [0.3, 0.4) is 0 Å². The first kappa shape index (κ1) is 88.2. The summed E-state index contributed by atoms with van der Waals surface area (Å²) in [5, 5.41) is 123. The summed E-state index contributed by atoms with van der Waals surface area (Å²) >= 11 is 14.3. The molecule has 18 atom stereocenters. The lowest BCUT2D eigenvalue weighted by molar-refractivity contribution is -0.334. The molecule has 2 saturated heterocycles. The predicted molar refractivity (Wildman–Crippen MR) is 408 cm³/mol. The van der Waals surface area contributed by atoms with Crippen LogP contribution >= 0.6 is 23.2 Å². The second-order valence-corrected chi connectivity index (χ2v) is 29.5. The number of aliphatic hydroxyl groups is 6. The number of carbonyl (C=O) groups excluding carboxylic acids is 10. The Labute approximate surface area is 677 Å². The van der Waals surface area contributed by atoms with E-state index in [4.69, 9.17) is 71.6 Å². The second kappa shape index (κ2) is 37.8. The highest BCUT2D eigenvalue weighted by Crippen LogP contribution is 2.50. The summed E-state index contributed by atoms with van der Waals surface area (Å²) in [5.41, 5.74) is 1.49. The van der Waals surface area contributed by atoms with Gasteiger partial charge in [0.1, 0.15) is 115 Å².